The molecule has 25 heavy (non-hydrogen) atoms. The summed E-state index contributed by atoms with van der Waals surface area (Å²) in [5.74, 6) is 0.111. The Morgan fingerprint density at radius 2 is 2.20 bits per heavy atom. The van der Waals surface area contributed by atoms with Crippen molar-refractivity contribution in [1.29, 1.82) is 0 Å². The number of H-pyrrole nitrogens is 1. The number of likely N-dealkylation sites (N-methyl/N-ethyl adjacent to an activating group) is 1. The van der Waals surface area contributed by atoms with Crippen LogP contribution in [-0.2, 0) is 17.8 Å². The van der Waals surface area contributed by atoms with E-state index in [-0.39, 0.29) is 5.91 Å². The monoisotopic (exact) mass is 342 g/mol. The Hall–Kier alpha value is -1.85. The molecule has 1 unspecified atom stereocenters. The number of nitrogens with one attached hydrogen (secondary N) is 2. The summed E-state index contributed by atoms with van der Waals surface area (Å²) in [6, 6.07) is 6.97. The van der Waals surface area contributed by atoms with Gasteiger partial charge in [-0.15, -0.1) is 0 Å². The van der Waals surface area contributed by atoms with E-state index in [1.54, 1.807) is 0 Å². The van der Waals surface area contributed by atoms with Gasteiger partial charge in [-0.1, -0.05) is 13.0 Å². The van der Waals surface area contributed by atoms with E-state index >= 15 is 0 Å². The normalized spacial score (nSPS) is 18.4. The molecule has 0 radical (unpaired) electrons. The lowest BCUT2D eigenvalue weighted by Crippen LogP contribution is -2.38. The number of fused-ring (bicyclic) bond motifs is 1. The minimum atomic E-state index is 0.111. The summed E-state index contributed by atoms with van der Waals surface area (Å²) in [5, 5.41) is 4.33. The van der Waals surface area contributed by atoms with Gasteiger partial charge in [0.15, 0.2) is 0 Å². The average Bonchev–Trinajstić information content (AvgIpc) is 3.18. The van der Waals surface area contributed by atoms with Gasteiger partial charge in [-0.2, -0.15) is 0 Å². The lowest BCUT2D eigenvalue weighted by molar-refractivity contribution is -0.122. The molecule has 0 aliphatic carbocycles. The highest BCUT2D eigenvalue weighted by Gasteiger charge is 2.25. The summed E-state index contributed by atoms with van der Waals surface area (Å²) < 4.78 is 0. The molecule has 1 aromatic carbocycles. The number of likely N-dealkylation sites (tertiary alicyclic amines) is 1. The number of carbonyl (C=O) groups is 1. The Morgan fingerprint density at radius 3 is 2.88 bits per heavy atom. The zero-order chi connectivity index (χ0) is 18.0. The fourth-order valence-corrected chi connectivity index (χ4v) is 3.73. The second kappa shape index (κ2) is 7.58. The van der Waals surface area contributed by atoms with Crippen LogP contribution in [0.3, 0.4) is 0 Å². The third-order valence-electron chi connectivity index (χ3n) is 5.41. The highest BCUT2D eigenvalue weighted by atomic mass is 16.2. The Bertz CT molecular complexity index is 749. The number of aryl methyl sites for hydroxylation is 2. The molecule has 5 nitrogen and oxygen atoms in total. The van der Waals surface area contributed by atoms with E-state index in [1.807, 2.05) is 0 Å². The van der Waals surface area contributed by atoms with Crippen LogP contribution in [-0.4, -0.2) is 60.5 Å². The van der Waals surface area contributed by atoms with E-state index in [1.165, 1.54) is 22.2 Å². The van der Waals surface area contributed by atoms with E-state index in [4.69, 9.17) is 0 Å². The molecule has 1 aliphatic rings. The first-order chi connectivity index (χ1) is 12.0. The fraction of sp³-hybridized carbons (Fsp3) is 0.550. The molecule has 1 atom stereocenters. The first-order valence-electron chi connectivity index (χ1n) is 9.23. The molecule has 136 valence electrons. The second-order valence-electron chi connectivity index (χ2n) is 7.38. The molecule has 2 heterocycles. The smallest absolute Gasteiger partial charge is 0.234 e. The van der Waals surface area contributed by atoms with Crippen LogP contribution in [0.2, 0.25) is 0 Å². The summed E-state index contributed by atoms with van der Waals surface area (Å²) in [4.78, 5) is 20.2. The molecular formula is C20H30N4O. The predicted molar refractivity (Wildman–Crippen MR) is 103 cm³/mol. The number of rotatable bonds is 6. The van der Waals surface area contributed by atoms with Gasteiger partial charge in [0, 0.05) is 42.3 Å². The molecule has 0 spiro atoms. The topological polar surface area (TPSA) is 51.4 Å². The number of hydrogen-bond donors (Lipinski definition) is 2. The number of benzene rings is 1. The van der Waals surface area contributed by atoms with Gasteiger partial charge in [0.25, 0.3) is 0 Å². The Morgan fingerprint density at radius 1 is 1.40 bits per heavy atom. The van der Waals surface area contributed by atoms with Gasteiger partial charge < -0.3 is 15.2 Å². The largest absolute Gasteiger partial charge is 0.358 e. The van der Waals surface area contributed by atoms with Crippen LogP contribution in [0.4, 0.5) is 0 Å². The lowest BCUT2D eigenvalue weighted by atomic mass is 10.1. The maximum absolute atomic E-state index is 12.3. The molecule has 1 aliphatic heterocycles. The molecule has 2 N–H and O–H groups in total. The number of carbonyl (C=O) groups excluding carboxylic acids is 1. The van der Waals surface area contributed by atoms with Crippen molar-refractivity contribution in [2.75, 3.05) is 33.7 Å². The van der Waals surface area contributed by atoms with Crippen LogP contribution >= 0.6 is 0 Å². The second-order valence-corrected chi connectivity index (χ2v) is 7.38. The van der Waals surface area contributed by atoms with Gasteiger partial charge in [0.1, 0.15) is 0 Å². The third kappa shape index (κ3) is 4.05. The molecule has 5 heteroatoms. The summed E-state index contributed by atoms with van der Waals surface area (Å²) in [6.45, 7) is 7.40. The first-order valence-corrected chi connectivity index (χ1v) is 9.23. The molecule has 2 aromatic rings. The van der Waals surface area contributed by atoms with Crippen molar-refractivity contribution in [3.63, 3.8) is 0 Å². The molecule has 1 fully saturated rings. The fourth-order valence-electron chi connectivity index (χ4n) is 3.73. The minimum Gasteiger partial charge on any atom is -0.358 e. The molecule has 1 saturated heterocycles. The maximum Gasteiger partial charge on any atom is 0.234 e. The number of amides is 1. The molecule has 0 saturated carbocycles. The van der Waals surface area contributed by atoms with E-state index in [0.29, 0.717) is 19.1 Å². The van der Waals surface area contributed by atoms with Crippen molar-refractivity contribution in [2.45, 2.75) is 39.3 Å². The van der Waals surface area contributed by atoms with Crippen molar-refractivity contribution in [1.82, 2.24) is 20.1 Å². The van der Waals surface area contributed by atoms with Crippen LogP contribution in [0.1, 0.15) is 30.2 Å². The van der Waals surface area contributed by atoms with Crippen molar-refractivity contribution in [3.8, 4) is 0 Å². The van der Waals surface area contributed by atoms with Crippen molar-refractivity contribution < 1.29 is 4.79 Å². The number of hydrogen-bond acceptors (Lipinski definition) is 3. The summed E-state index contributed by atoms with van der Waals surface area (Å²) in [6.07, 6.45) is 2.15. The van der Waals surface area contributed by atoms with Gasteiger partial charge in [0.2, 0.25) is 5.91 Å². The number of aromatic nitrogens is 1. The van der Waals surface area contributed by atoms with Gasteiger partial charge in [-0.05, 0) is 57.1 Å². The zero-order valence-electron chi connectivity index (χ0n) is 15.9. The molecule has 0 bridgehead atoms. The van der Waals surface area contributed by atoms with Crippen molar-refractivity contribution >= 4 is 16.8 Å². The van der Waals surface area contributed by atoms with E-state index in [0.717, 1.165) is 31.5 Å². The van der Waals surface area contributed by atoms with Crippen LogP contribution < -0.4 is 5.32 Å². The Balaban J connectivity index is 1.55. The predicted octanol–water partition coefficient (Wildman–Crippen LogP) is 2.29. The van der Waals surface area contributed by atoms with Crippen LogP contribution in [0, 0.1) is 6.92 Å². The van der Waals surface area contributed by atoms with Gasteiger partial charge in [-0.3, -0.25) is 9.69 Å². The summed E-state index contributed by atoms with van der Waals surface area (Å²) in [7, 11) is 4.22. The van der Waals surface area contributed by atoms with Crippen molar-refractivity contribution in [3.05, 3.63) is 35.0 Å². The third-order valence-corrected chi connectivity index (χ3v) is 5.41. The summed E-state index contributed by atoms with van der Waals surface area (Å²) >= 11 is 0. The zero-order valence-corrected chi connectivity index (χ0v) is 15.9. The standard InChI is InChI=1S/C20H30N4O/c1-5-18-14(2)17-10-15(6-7-19(17)22-18)11-21-20(25)13-24-9-8-16(12-24)23(3)4/h6-7,10,16,22H,5,8-9,11-13H2,1-4H3,(H,21,25). The van der Waals surface area contributed by atoms with Crippen LogP contribution in [0.15, 0.2) is 18.2 Å². The number of aromatic amines is 1. The summed E-state index contributed by atoms with van der Waals surface area (Å²) in [5.41, 5.74) is 4.94. The molecule has 3 rings (SSSR count). The van der Waals surface area contributed by atoms with Crippen molar-refractivity contribution in [2.24, 2.45) is 0 Å². The molecule has 1 aromatic heterocycles. The Kier molecular flexibility index (Phi) is 5.45. The SMILES string of the molecule is CCc1[nH]c2ccc(CNC(=O)CN3CCC(N(C)C)C3)cc2c1C. The highest BCUT2D eigenvalue weighted by molar-refractivity contribution is 5.85. The van der Waals surface area contributed by atoms with Gasteiger partial charge >= 0.3 is 0 Å². The van der Waals surface area contributed by atoms with E-state index in [2.05, 4.69) is 66.2 Å². The average molecular weight is 342 g/mol. The minimum absolute atomic E-state index is 0.111. The molecule has 1 amide bonds. The van der Waals surface area contributed by atoms with E-state index in [9.17, 15) is 4.79 Å². The van der Waals surface area contributed by atoms with Crippen LogP contribution in [0.25, 0.3) is 10.9 Å². The molecular weight excluding hydrogens is 312 g/mol. The highest BCUT2D eigenvalue weighted by Crippen LogP contribution is 2.23. The number of nitrogens with zero attached hydrogens (tertiary/aromatic N) is 2. The van der Waals surface area contributed by atoms with Gasteiger partial charge in [0.05, 0.1) is 6.54 Å². The van der Waals surface area contributed by atoms with Crippen LogP contribution in [0.5, 0.6) is 0 Å². The quantitative estimate of drug-likeness (QED) is 0.847. The first kappa shape index (κ1) is 18.0. The van der Waals surface area contributed by atoms with E-state index < -0.39 is 0 Å². The lowest BCUT2D eigenvalue weighted by Gasteiger charge is -2.20. The maximum atomic E-state index is 12.3. The Labute approximate surface area is 150 Å². The van der Waals surface area contributed by atoms with Gasteiger partial charge in [-0.25, -0.2) is 0 Å².